The third-order valence-electron chi connectivity index (χ3n) is 7.38. The van der Waals surface area contributed by atoms with Crippen LogP contribution < -0.4 is 10.6 Å². The quantitative estimate of drug-likeness (QED) is 0.333. The maximum atomic E-state index is 13.7. The minimum absolute atomic E-state index is 0.00360. The number of amides is 1. The lowest BCUT2D eigenvalue weighted by Gasteiger charge is -2.25. The van der Waals surface area contributed by atoms with Gasteiger partial charge in [0.2, 0.25) is 9.84 Å². The third kappa shape index (κ3) is 4.79. The first-order valence-corrected chi connectivity index (χ1v) is 14.3. The minimum Gasteiger partial charge on any atom is -0.481 e. The number of H-pyrrole nitrogens is 1. The highest BCUT2D eigenvalue weighted by Crippen LogP contribution is 2.42. The number of hydrogen-bond acceptors (Lipinski definition) is 5. The molecule has 0 aliphatic carbocycles. The largest absolute Gasteiger partial charge is 0.481 e. The van der Waals surface area contributed by atoms with Crippen molar-refractivity contribution in [3.63, 3.8) is 0 Å². The monoisotopic (exact) mass is 533 g/mol. The number of fused-ring (bicyclic) bond motifs is 1. The van der Waals surface area contributed by atoms with E-state index in [1.54, 1.807) is 37.3 Å². The summed E-state index contributed by atoms with van der Waals surface area (Å²) in [5.41, 5.74) is 5.27. The number of nitrogens with one attached hydrogen (secondary N) is 3. The lowest BCUT2D eigenvalue weighted by molar-refractivity contribution is -0.137. The number of rotatable bonds is 7. The van der Waals surface area contributed by atoms with E-state index in [2.05, 4.69) is 21.7 Å². The predicted molar refractivity (Wildman–Crippen MR) is 146 cm³/mol. The molecule has 2 aliphatic rings. The average molecular weight is 534 g/mol. The normalized spacial score (nSPS) is 17.0. The zero-order valence-corrected chi connectivity index (χ0v) is 22.2. The maximum absolute atomic E-state index is 13.7. The second-order valence-corrected chi connectivity index (χ2v) is 11.9. The number of aromatic amines is 1. The van der Waals surface area contributed by atoms with Crippen molar-refractivity contribution in [2.24, 2.45) is 0 Å². The molecule has 1 amide bonds. The number of aliphatic carboxylic acids is 1. The maximum Gasteiger partial charge on any atom is 0.303 e. The molecule has 5 rings (SSSR count). The van der Waals surface area contributed by atoms with Crippen molar-refractivity contribution in [2.45, 2.75) is 55.2 Å². The van der Waals surface area contributed by atoms with Crippen LogP contribution in [0.25, 0.3) is 11.6 Å². The van der Waals surface area contributed by atoms with E-state index in [1.165, 1.54) is 0 Å². The lowest BCUT2D eigenvalue weighted by atomic mass is 9.85. The van der Waals surface area contributed by atoms with Crippen LogP contribution in [0.5, 0.6) is 0 Å². The van der Waals surface area contributed by atoms with Crippen LogP contribution in [0.4, 0.5) is 5.69 Å². The Morgan fingerprint density at radius 3 is 2.47 bits per heavy atom. The first-order valence-electron chi connectivity index (χ1n) is 12.8. The fourth-order valence-electron chi connectivity index (χ4n) is 5.52. The van der Waals surface area contributed by atoms with Gasteiger partial charge in [0.15, 0.2) is 0 Å². The summed E-state index contributed by atoms with van der Waals surface area (Å²) in [6.07, 6.45) is 3.37. The molecule has 3 aromatic rings. The molecule has 2 aliphatic heterocycles. The molecule has 2 aromatic carbocycles. The number of carboxylic acid groups (broad SMARTS) is 1. The number of hydrogen-bond donors (Lipinski definition) is 4. The molecule has 0 bridgehead atoms. The van der Waals surface area contributed by atoms with Gasteiger partial charge in [0.1, 0.15) is 0 Å². The number of carbonyl (C=O) groups is 2. The number of sulfone groups is 1. The number of aryl methyl sites for hydroxylation is 2. The summed E-state index contributed by atoms with van der Waals surface area (Å²) < 4.78 is 27.5. The molecule has 0 spiro atoms. The van der Waals surface area contributed by atoms with Gasteiger partial charge in [0.25, 0.3) is 5.91 Å². The highest BCUT2D eigenvalue weighted by atomic mass is 32.2. The zero-order chi connectivity index (χ0) is 27.0. The molecule has 38 heavy (non-hydrogen) atoms. The highest BCUT2D eigenvalue weighted by molar-refractivity contribution is 7.91. The fourth-order valence-corrected chi connectivity index (χ4v) is 7.24. The number of carbonyl (C=O) groups excluding carboxylic acids is 1. The molecule has 198 valence electrons. The molecule has 0 radical (unpaired) electrons. The Bertz CT molecular complexity index is 1550. The summed E-state index contributed by atoms with van der Waals surface area (Å²) in [4.78, 5) is 28.0. The Morgan fingerprint density at radius 2 is 1.79 bits per heavy atom. The highest BCUT2D eigenvalue weighted by Gasteiger charge is 2.32. The molecule has 4 N–H and O–H groups in total. The average Bonchev–Trinajstić information content (AvgIpc) is 3.39. The number of piperidine rings is 1. The van der Waals surface area contributed by atoms with Crippen LogP contribution >= 0.6 is 0 Å². The predicted octanol–water partition coefficient (Wildman–Crippen LogP) is 4.44. The lowest BCUT2D eigenvalue weighted by Crippen LogP contribution is -2.27. The second kappa shape index (κ2) is 10.2. The summed E-state index contributed by atoms with van der Waals surface area (Å²) in [5, 5.41) is 15.7. The van der Waals surface area contributed by atoms with E-state index in [1.807, 2.05) is 19.1 Å². The van der Waals surface area contributed by atoms with Crippen molar-refractivity contribution in [3.05, 3.63) is 76.1 Å². The van der Waals surface area contributed by atoms with E-state index in [0.717, 1.165) is 48.3 Å². The molecule has 1 fully saturated rings. The van der Waals surface area contributed by atoms with Crippen LogP contribution in [0.3, 0.4) is 0 Å². The van der Waals surface area contributed by atoms with Crippen molar-refractivity contribution in [2.75, 3.05) is 18.4 Å². The van der Waals surface area contributed by atoms with Gasteiger partial charge >= 0.3 is 5.97 Å². The second-order valence-electron chi connectivity index (χ2n) is 9.99. The SMILES string of the molecule is Cc1ccc(S(=O)(=O)c2c(C)[nH]c(C=C3C(=O)Nc4cccc(C5CCNCC5)c43)c2CCC(=O)O)cc1. The van der Waals surface area contributed by atoms with Crippen molar-refractivity contribution < 1.29 is 23.1 Å². The summed E-state index contributed by atoms with van der Waals surface area (Å²) >= 11 is 0. The first kappa shape index (κ1) is 25.9. The Labute approximate surface area is 222 Å². The van der Waals surface area contributed by atoms with Crippen LogP contribution in [0.1, 0.15) is 58.8 Å². The van der Waals surface area contributed by atoms with Gasteiger partial charge in [-0.05, 0) is 87.5 Å². The molecule has 0 saturated carbocycles. The summed E-state index contributed by atoms with van der Waals surface area (Å²) in [6.45, 7) is 5.36. The van der Waals surface area contributed by atoms with Gasteiger partial charge in [-0.3, -0.25) is 9.59 Å². The van der Waals surface area contributed by atoms with Crippen LogP contribution in [0.15, 0.2) is 52.3 Å². The van der Waals surface area contributed by atoms with Gasteiger partial charge < -0.3 is 20.7 Å². The van der Waals surface area contributed by atoms with Gasteiger partial charge in [-0.15, -0.1) is 0 Å². The van der Waals surface area contributed by atoms with Crippen LogP contribution in [0.2, 0.25) is 0 Å². The Kier molecular flexibility index (Phi) is 6.98. The van der Waals surface area contributed by atoms with E-state index in [-0.39, 0.29) is 28.5 Å². The van der Waals surface area contributed by atoms with Crippen molar-refractivity contribution >= 4 is 39.1 Å². The van der Waals surface area contributed by atoms with E-state index < -0.39 is 15.8 Å². The van der Waals surface area contributed by atoms with Crippen LogP contribution in [-0.4, -0.2) is 43.5 Å². The van der Waals surface area contributed by atoms with Crippen LogP contribution in [-0.2, 0) is 25.8 Å². The molecule has 0 atom stereocenters. The number of benzene rings is 2. The summed E-state index contributed by atoms with van der Waals surface area (Å²) in [5.74, 6) is -0.990. The molecule has 0 unspecified atom stereocenters. The Balaban J connectivity index is 1.66. The number of aromatic nitrogens is 1. The molecular weight excluding hydrogens is 502 g/mol. The molecule has 1 saturated heterocycles. The van der Waals surface area contributed by atoms with Gasteiger partial charge in [-0.1, -0.05) is 29.8 Å². The van der Waals surface area contributed by atoms with Crippen molar-refractivity contribution in [3.8, 4) is 0 Å². The molecule has 1 aromatic heterocycles. The topological polar surface area (TPSA) is 128 Å². The van der Waals surface area contributed by atoms with E-state index in [9.17, 15) is 23.1 Å². The summed E-state index contributed by atoms with van der Waals surface area (Å²) in [6, 6.07) is 12.5. The van der Waals surface area contributed by atoms with Gasteiger partial charge in [-0.2, -0.15) is 0 Å². The van der Waals surface area contributed by atoms with Crippen molar-refractivity contribution in [1.29, 1.82) is 0 Å². The third-order valence-corrected chi connectivity index (χ3v) is 9.36. The molecule has 8 nitrogen and oxygen atoms in total. The van der Waals surface area contributed by atoms with Crippen molar-refractivity contribution in [1.82, 2.24) is 10.3 Å². The number of anilines is 1. The molecule has 9 heteroatoms. The van der Waals surface area contributed by atoms with Gasteiger partial charge in [-0.25, -0.2) is 8.42 Å². The van der Waals surface area contributed by atoms with E-state index >= 15 is 0 Å². The molecular formula is C29H31N3O5S. The minimum atomic E-state index is -3.94. The van der Waals surface area contributed by atoms with E-state index in [4.69, 9.17) is 0 Å². The summed E-state index contributed by atoms with van der Waals surface area (Å²) in [7, 11) is -3.94. The standard InChI is InChI=1S/C29H31N3O5S/c1-17-6-8-20(9-7-17)38(36,37)28-18(2)31-25(22(28)10-11-26(33)34)16-23-27-21(19-12-14-30-15-13-19)4-3-5-24(27)32-29(23)35/h3-9,16,19,30-31H,10-15H2,1-2H3,(H,32,35)(H,33,34). The number of carboxylic acids is 1. The molecule has 3 heterocycles. The Morgan fingerprint density at radius 1 is 1.08 bits per heavy atom. The zero-order valence-electron chi connectivity index (χ0n) is 21.4. The van der Waals surface area contributed by atoms with Gasteiger partial charge in [0.05, 0.1) is 15.4 Å². The fraction of sp³-hybridized carbons (Fsp3) is 0.310. The Hall–Kier alpha value is -3.69. The van der Waals surface area contributed by atoms with Gasteiger partial charge in [0, 0.05) is 29.1 Å². The van der Waals surface area contributed by atoms with E-state index in [0.29, 0.717) is 28.4 Å². The van der Waals surface area contributed by atoms with Crippen LogP contribution in [0, 0.1) is 13.8 Å². The smallest absolute Gasteiger partial charge is 0.303 e. The first-order chi connectivity index (χ1) is 18.2.